The van der Waals surface area contributed by atoms with Crippen molar-refractivity contribution >= 4 is 23.4 Å². The Kier molecular flexibility index (Phi) is 6.54. The monoisotopic (exact) mass is 445 g/mol. The number of nitriles is 1. The molecule has 0 spiro atoms. The number of aromatic nitrogens is 4. The molecule has 1 aliphatic carbocycles. The fourth-order valence-corrected chi connectivity index (χ4v) is 4.47. The van der Waals surface area contributed by atoms with Gasteiger partial charge in [-0.1, -0.05) is 12.8 Å². The van der Waals surface area contributed by atoms with Crippen molar-refractivity contribution in [1.29, 1.82) is 5.26 Å². The summed E-state index contributed by atoms with van der Waals surface area (Å²) in [6.07, 6.45) is 9.61. The quantitative estimate of drug-likeness (QED) is 0.442. The SMILES string of the molecule is Cc1cc(Nc2ncc(C)c(-c3cnn(C(CC#N)C4CCCC4)c3)n2)ccc1NC(=O)O. The lowest BCUT2D eigenvalue weighted by molar-refractivity contribution is 0.209. The molecule has 1 aromatic carbocycles. The molecule has 33 heavy (non-hydrogen) atoms. The highest BCUT2D eigenvalue weighted by Gasteiger charge is 2.27. The van der Waals surface area contributed by atoms with Gasteiger partial charge in [0, 0.05) is 29.3 Å². The lowest BCUT2D eigenvalue weighted by Gasteiger charge is -2.21. The van der Waals surface area contributed by atoms with Gasteiger partial charge < -0.3 is 10.4 Å². The Bertz CT molecular complexity index is 1190. The summed E-state index contributed by atoms with van der Waals surface area (Å²) in [7, 11) is 0. The molecule has 3 aromatic rings. The highest BCUT2D eigenvalue weighted by molar-refractivity contribution is 5.84. The maximum atomic E-state index is 10.9. The van der Waals surface area contributed by atoms with Gasteiger partial charge in [-0.3, -0.25) is 10.00 Å². The number of hydrogen-bond acceptors (Lipinski definition) is 6. The molecule has 2 aromatic heterocycles. The van der Waals surface area contributed by atoms with Crippen LogP contribution in [-0.4, -0.2) is 30.9 Å². The lowest BCUT2D eigenvalue weighted by atomic mass is 9.96. The molecule has 1 fully saturated rings. The van der Waals surface area contributed by atoms with Crippen LogP contribution in [0, 0.1) is 31.1 Å². The molecule has 4 rings (SSSR count). The second-order valence-electron chi connectivity index (χ2n) is 8.49. The van der Waals surface area contributed by atoms with Gasteiger partial charge in [0.1, 0.15) is 0 Å². The zero-order valence-electron chi connectivity index (χ0n) is 18.7. The predicted molar refractivity (Wildman–Crippen MR) is 125 cm³/mol. The first kappa shape index (κ1) is 22.3. The molecule has 1 aliphatic rings. The zero-order chi connectivity index (χ0) is 23.4. The van der Waals surface area contributed by atoms with Crippen molar-refractivity contribution in [3.8, 4) is 17.3 Å². The minimum atomic E-state index is -1.10. The fraction of sp³-hybridized carbons (Fsp3) is 0.375. The van der Waals surface area contributed by atoms with E-state index < -0.39 is 6.09 Å². The molecular weight excluding hydrogens is 418 g/mol. The first-order valence-corrected chi connectivity index (χ1v) is 11.1. The minimum Gasteiger partial charge on any atom is -0.465 e. The van der Waals surface area contributed by atoms with Crippen LogP contribution in [0.2, 0.25) is 0 Å². The van der Waals surface area contributed by atoms with Crippen molar-refractivity contribution in [2.24, 2.45) is 5.92 Å². The lowest BCUT2D eigenvalue weighted by Crippen LogP contribution is -2.17. The van der Waals surface area contributed by atoms with Crippen LogP contribution in [0.1, 0.15) is 49.3 Å². The molecule has 2 heterocycles. The van der Waals surface area contributed by atoms with Gasteiger partial charge in [0.2, 0.25) is 5.95 Å². The Hall–Kier alpha value is -3.93. The molecule has 1 atom stereocenters. The average molecular weight is 446 g/mol. The molecule has 1 amide bonds. The summed E-state index contributed by atoms with van der Waals surface area (Å²) in [6, 6.07) is 7.72. The van der Waals surface area contributed by atoms with Crippen LogP contribution in [0.4, 0.5) is 22.1 Å². The molecule has 170 valence electrons. The van der Waals surface area contributed by atoms with E-state index in [1.165, 1.54) is 12.8 Å². The van der Waals surface area contributed by atoms with E-state index in [4.69, 9.17) is 10.1 Å². The van der Waals surface area contributed by atoms with Crippen molar-refractivity contribution in [1.82, 2.24) is 19.7 Å². The van der Waals surface area contributed by atoms with Crippen LogP contribution < -0.4 is 10.6 Å². The normalized spacial score (nSPS) is 14.6. The largest absolute Gasteiger partial charge is 0.465 e. The van der Waals surface area contributed by atoms with Gasteiger partial charge in [-0.25, -0.2) is 14.8 Å². The van der Waals surface area contributed by atoms with Gasteiger partial charge in [-0.05, 0) is 61.9 Å². The first-order chi connectivity index (χ1) is 15.9. The Morgan fingerprint density at radius 1 is 1.27 bits per heavy atom. The number of amides is 1. The Balaban J connectivity index is 1.56. The van der Waals surface area contributed by atoms with Crippen molar-refractivity contribution in [2.45, 2.75) is 52.0 Å². The summed E-state index contributed by atoms with van der Waals surface area (Å²) < 4.78 is 1.93. The van der Waals surface area contributed by atoms with E-state index in [0.717, 1.165) is 40.9 Å². The van der Waals surface area contributed by atoms with E-state index in [0.29, 0.717) is 24.0 Å². The number of carbonyl (C=O) groups is 1. The highest BCUT2D eigenvalue weighted by Crippen LogP contribution is 2.36. The van der Waals surface area contributed by atoms with Crippen molar-refractivity contribution in [2.75, 3.05) is 10.6 Å². The summed E-state index contributed by atoms with van der Waals surface area (Å²) in [5.41, 5.74) is 4.66. The number of nitrogens with zero attached hydrogens (tertiary/aromatic N) is 5. The summed E-state index contributed by atoms with van der Waals surface area (Å²) in [5, 5.41) is 28.4. The molecule has 0 aliphatic heterocycles. The molecule has 1 unspecified atom stereocenters. The van der Waals surface area contributed by atoms with Crippen LogP contribution >= 0.6 is 0 Å². The van der Waals surface area contributed by atoms with Crippen molar-refractivity contribution < 1.29 is 9.90 Å². The van der Waals surface area contributed by atoms with Crippen LogP contribution in [0.15, 0.2) is 36.8 Å². The molecule has 9 heteroatoms. The molecule has 3 N–H and O–H groups in total. The minimum absolute atomic E-state index is 0.0897. The van der Waals surface area contributed by atoms with E-state index in [2.05, 4.69) is 26.8 Å². The van der Waals surface area contributed by atoms with Crippen LogP contribution in [0.25, 0.3) is 11.3 Å². The van der Waals surface area contributed by atoms with Gasteiger partial charge in [0.15, 0.2) is 0 Å². The summed E-state index contributed by atoms with van der Waals surface area (Å²) in [5.74, 6) is 0.925. The smallest absolute Gasteiger partial charge is 0.409 e. The topological polar surface area (TPSA) is 129 Å². The fourth-order valence-electron chi connectivity index (χ4n) is 4.47. The van der Waals surface area contributed by atoms with Gasteiger partial charge >= 0.3 is 6.09 Å². The van der Waals surface area contributed by atoms with E-state index in [9.17, 15) is 10.1 Å². The number of rotatable bonds is 7. The molecule has 9 nitrogen and oxygen atoms in total. The van der Waals surface area contributed by atoms with E-state index in [1.807, 2.05) is 30.8 Å². The van der Waals surface area contributed by atoms with E-state index >= 15 is 0 Å². The molecule has 0 bridgehead atoms. The zero-order valence-corrected chi connectivity index (χ0v) is 18.7. The van der Waals surface area contributed by atoms with E-state index in [1.54, 1.807) is 24.5 Å². The van der Waals surface area contributed by atoms with Gasteiger partial charge in [0.05, 0.1) is 30.4 Å². The number of anilines is 3. The third-order valence-corrected chi connectivity index (χ3v) is 6.16. The number of hydrogen-bond donors (Lipinski definition) is 3. The highest BCUT2D eigenvalue weighted by atomic mass is 16.4. The second-order valence-corrected chi connectivity index (χ2v) is 8.49. The van der Waals surface area contributed by atoms with E-state index in [-0.39, 0.29) is 6.04 Å². The number of aryl methyl sites for hydroxylation is 2. The third-order valence-electron chi connectivity index (χ3n) is 6.16. The maximum Gasteiger partial charge on any atom is 0.409 e. The number of nitrogens with one attached hydrogen (secondary N) is 2. The Morgan fingerprint density at radius 3 is 2.76 bits per heavy atom. The summed E-state index contributed by atoms with van der Waals surface area (Å²) in [6.45, 7) is 3.78. The molecule has 1 saturated carbocycles. The predicted octanol–water partition coefficient (Wildman–Crippen LogP) is 5.44. The standard InChI is InChI=1S/C24H27N7O2/c1-15-11-19(7-8-20(15)29-24(32)33)28-23-26-12-16(2)22(30-23)18-13-27-31(14-18)21(9-10-25)17-5-3-4-6-17/h7-8,11-14,17,21,29H,3-6,9H2,1-2H3,(H,32,33)(H,26,28,30). The average Bonchev–Trinajstić information content (AvgIpc) is 3.48. The Labute approximate surface area is 192 Å². The molecular formula is C24H27N7O2. The van der Waals surface area contributed by atoms with Crippen LogP contribution in [-0.2, 0) is 0 Å². The summed E-state index contributed by atoms with van der Waals surface area (Å²) in [4.78, 5) is 20.0. The van der Waals surface area contributed by atoms with Gasteiger partial charge in [-0.15, -0.1) is 0 Å². The first-order valence-electron chi connectivity index (χ1n) is 11.1. The van der Waals surface area contributed by atoms with Crippen LogP contribution in [0.3, 0.4) is 0 Å². The Morgan fingerprint density at radius 2 is 2.06 bits per heavy atom. The summed E-state index contributed by atoms with van der Waals surface area (Å²) >= 11 is 0. The maximum absolute atomic E-state index is 10.9. The van der Waals surface area contributed by atoms with Crippen molar-refractivity contribution in [3.63, 3.8) is 0 Å². The van der Waals surface area contributed by atoms with Crippen LogP contribution in [0.5, 0.6) is 0 Å². The van der Waals surface area contributed by atoms with Gasteiger partial charge in [-0.2, -0.15) is 10.4 Å². The number of benzene rings is 1. The molecule has 0 saturated heterocycles. The van der Waals surface area contributed by atoms with Gasteiger partial charge in [0.25, 0.3) is 0 Å². The second kappa shape index (κ2) is 9.69. The number of carboxylic acid groups (broad SMARTS) is 1. The molecule has 0 radical (unpaired) electrons. The third kappa shape index (κ3) is 5.12. The van der Waals surface area contributed by atoms with Crippen molar-refractivity contribution in [3.05, 3.63) is 47.9 Å².